The number of nitrogens with zero attached hydrogens (tertiary/aromatic N) is 1. The minimum absolute atomic E-state index is 0.180. The first-order valence-corrected chi connectivity index (χ1v) is 12.2. The summed E-state index contributed by atoms with van der Waals surface area (Å²) in [6.45, 7) is 5.51. The summed E-state index contributed by atoms with van der Waals surface area (Å²) < 4.78 is 0. The quantitative estimate of drug-likeness (QED) is 0.633. The highest BCUT2D eigenvalue weighted by Crippen LogP contribution is 2.42. The Labute approximate surface area is 194 Å². The van der Waals surface area contributed by atoms with Gasteiger partial charge in [0.15, 0.2) is 0 Å². The van der Waals surface area contributed by atoms with Crippen LogP contribution in [-0.4, -0.2) is 17.6 Å². The van der Waals surface area contributed by atoms with Crippen LogP contribution in [0.4, 0.5) is 0 Å². The Bertz CT molecular complexity index is 1440. The zero-order chi connectivity index (χ0) is 22.7. The number of hydrogen-bond acceptors (Lipinski definition) is 2. The molecule has 1 N–H and O–H groups in total. The third kappa shape index (κ3) is 3.09. The van der Waals surface area contributed by atoms with E-state index in [2.05, 4.69) is 38.1 Å². The predicted molar refractivity (Wildman–Crippen MR) is 131 cm³/mol. The van der Waals surface area contributed by atoms with Crippen molar-refractivity contribution in [2.24, 2.45) is 4.99 Å². The molecule has 0 saturated heterocycles. The molecule has 3 aromatic carbocycles. The molecule has 3 nitrogen and oxygen atoms in total. The molecule has 0 radical (unpaired) electrons. The summed E-state index contributed by atoms with van der Waals surface area (Å²) >= 11 is 0. The van der Waals surface area contributed by atoms with Crippen LogP contribution in [-0.2, 0) is 24.7 Å². The fourth-order valence-corrected chi connectivity index (χ4v) is 6.15. The Morgan fingerprint density at radius 2 is 1.58 bits per heavy atom. The number of aryl methyl sites for hydroxylation is 3. The summed E-state index contributed by atoms with van der Waals surface area (Å²) in [4.78, 5) is 17.1. The van der Waals surface area contributed by atoms with Crippen molar-refractivity contribution in [3.8, 4) is 0 Å². The Morgan fingerprint density at radius 1 is 0.848 bits per heavy atom. The van der Waals surface area contributed by atoms with Crippen molar-refractivity contribution in [1.82, 2.24) is 0 Å². The van der Waals surface area contributed by atoms with Crippen LogP contribution in [0.1, 0.15) is 82.4 Å². The number of carboxylic acid groups (broad SMARTS) is 1. The molecular formula is C30H29NO2. The maximum Gasteiger partial charge on any atom is 0.336 e. The summed E-state index contributed by atoms with van der Waals surface area (Å²) in [5.41, 5.74) is 10.0. The molecule has 1 heterocycles. The molecule has 6 rings (SSSR count). The van der Waals surface area contributed by atoms with Gasteiger partial charge in [0.1, 0.15) is 0 Å². The van der Waals surface area contributed by atoms with Gasteiger partial charge in [0.05, 0.1) is 10.9 Å². The van der Waals surface area contributed by atoms with Gasteiger partial charge in [-0.2, -0.15) is 0 Å². The van der Waals surface area contributed by atoms with Crippen molar-refractivity contribution < 1.29 is 9.90 Å². The van der Waals surface area contributed by atoms with Crippen LogP contribution in [0.2, 0.25) is 0 Å². The average Bonchev–Trinajstić information content (AvgIpc) is 2.83. The van der Waals surface area contributed by atoms with Crippen LogP contribution in [0.15, 0.2) is 53.5 Å². The minimum atomic E-state index is -0.878. The van der Waals surface area contributed by atoms with E-state index in [4.69, 9.17) is 4.99 Å². The maximum absolute atomic E-state index is 12.3. The van der Waals surface area contributed by atoms with E-state index in [1.807, 2.05) is 18.2 Å². The summed E-state index contributed by atoms with van der Waals surface area (Å²) in [7, 11) is 0. The minimum Gasteiger partial charge on any atom is -0.478 e. The Hall–Kier alpha value is -3.20. The van der Waals surface area contributed by atoms with Crippen LogP contribution in [0.5, 0.6) is 0 Å². The second-order valence-corrected chi connectivity index (χ2v) is 10.2. The van der Waals surface area contributed by atoms with Gasteiger partial charge in [-0.15, -0.1) is 0 Å². The third-order valence-electron chi connectivity index (χ3n) is 7.90. The van der Waals surface area contributed by atoms with Gasteiger partial charge in [-0.25, -0.2) is 4.79 Å². The number of rotatable bonds is 2. The van der Waals surface area contributed by atoms with Crippen LogP contribution < -0.4 is 10.6 Å². The maximum atomic E-state index is 12.3. The second-order valence-electron chi connectivity index (χ2n) is 10.2. The SMILES string of the molecule is CC1(C)c2cc3c(cc2C(c2ccccc2C(=O)O)=c2cc4c(cc21)=NCCC4)CCCC3. The first-order chi connectivity index (χ1) is 15.9. The number of fused-ring (bicyclic) bond motifs is 4. The predicted octanol–water partition coefficient (Wildman–Crippen LogP) is 4.72. The fourth-order valence-electron chi connectivity index (χ4n) is 6.15. The number of hydrogen-bond donors (Lipinski definition) is 1. The molecule has 3 aliphatic rings. The van der Waals surface area contributed by atoms with E-state index in [1.165, 1.54) is 51.4 Å². The van der Waals surface area contributed by atoms with E-state index in [9.17, 15) is 9.90 Å². The smallest absolute Gasteiger partial charge is 0.336 e. The van der Waals surface area contributed by atoms with Crippen LogP contribution in [0.25, 0.3) is 5.57 Å². The van der Waals surface area contributed by atoms with Crippen LogP contribution in [0, 0.1) is 0 Å². The van der Waals surface area contributed by atoms with Gasteiger partial charge in [0, 0.05) is 12.0 Å². The van der Waals surface area contributed by atoms with Crippen molar-refractivity contribution in [3.63, 3.8) is 0 Å². The molecule has 0 saturated carbocycles. The molecule has 0 fully saturated rings. The zero-order valence-electron chi connectivity index (χ0n) is 19.4. The van der Waals surface area contributed by atoms with E-state index < -0.39 is 5.97 Å². The van der Waals surface area contributed by atoms with Gasteiger partial charge < -0.3 is 5.11 Å². The second kappa shape index (κ2) is 7.41. The van der Waals surface area contributed by atoms with Gasteiger partial charge in [-0.3, -0.25) is 4.99 Å². The molecule has 0 unspecified atom stereocenters. The van der Waals surface area contributed by atoms with Crippen LogP contribution in [0.3, 0.4) is 0 Å². The largest absolute Gasteiger partial charge is 0.478 e. The number of carboxylic acids is 1. The van der Waals surface area contributed by atoms with Crippen LogP contribution >= 0.6 is 0 Å². The fraction of sp³-hybridized carbons (Fsp3) is 0.333. The summed E-state index contributed by atoms with van der Waals surface area (Å²) in [5.74, 6) is -0.878. The van der Waals surface area contributed by atoms with Crippen molar-refractivity contribution >= 4 is 11.5 Å². The lowest BCUT2D eigenvalue weighted by Crippen LogP contribution is -2.38. The van der Waals surface area contributed by atoms with Gasteiger partial charge in [-0.1, -0.05) is 44.2 Å². The first kappa shape index (κ1) is 20.4. The first-order valence-electron chi connectivity index (χ1n) is 12.2. The lowest BCUT2D eigenvalue weighted by Gasteiger charge is -2.37. The van der Waals surface area contributed by atoms with E-state index in [-0.39, 0.29) is 5.41 Å². The van der Waals surface area contributed by atoms with E-state index >= 15 is 0 Å². The van der Waals surface area contributed by atoms with E-state index in [1.54, 1.807) is 6.07 Å². The zero-order valence-corrected chi connectivity index (χ0v) is 19.4. The molecule has 0 aromatic heterocycles. The monoisotopic (exact) mass is 435 g/mol. The van der Waals surface area contributed by atoms with Gasteiger partial charge in [0.2, 0.25) is 0 Å². The molecule has 1 aliphatic heterocycles. The normalized spacial score (nSPS) is 17.8. The van der Waals surface area contributed by atoms with Gasteiger partial charge in [0.25, 0.3) is 0 Å². The van der Waals surface area contributed by atoms with E-state index in [0.29, 0.717) is 5.56 Å². The lowest BCUT2D eigenvalue weighted by atomic mass is 9.67. The van der Waals surface area contributed by atoms with Crippen molar-refractivity contribution in [2.75, 3.05) is 6.54 Å². The Kier molecular flexibility index (Phi) is 4.58. The molecule has 0 amide bonds. The van der Waals surface area contributed by atoms with Crippen molar-refractivity contribution in [1.29, 1.82) is 0 Å². The topological polar surface area (TPSA) is 49.7 Å². The molecule has 0 atom stereocenters. The van der Waals surface area contributed by atoms with Gasteiger partial charge >= 0.3 is 5.97 Å². The molecule has 3 aromatic rings. The van der Waals surface area contributed by atoms with Crippen molar-refractivity contribution in [2.45, 2.75) is 57.8 Å². The number of benzene rings is 3. The highest BCUT2D eigenvalue weighted by molar-refractivity contribution is 5.98. The summed E-state index contributed by atoms with van der Waals surface area (Å²) in [6.07, 6.45) is 6.80. The Morgan fingerprint density at radius 3 is 2.36 bits per heavy atom. The number of aromatic carboxylic acids is 1. The average molecular weight is 436 g/mol. The third-order valence-corrected chi connectivity index (χ3v) is 7.90. The molecule has 3 heteroatoms. The highest BCUT2D eigenvalue weighted by atomic mass is 16.4. The summed E-state index contributed by atoms with van der Waals surface area (Å²) in [6, 6.07) is 16.9. The molecule has 33 heavy (non-hydrogen) atoms. The van der Waals surface area contributed by atoms with Crippen molar-refractivity contribution in [3.05, 3.63) is 104 Å². The Balaban J connectivity index is 1.80. The lowest BCUT2D eigenvalue weighted by molar-refractivity contribution is 0.0696. The molecule has 2 aliphatic carbocycles. The molecule has 0 spiro atoms. The standard InChI is InChI=1S/C30H29NO2/c1-30(2)25-16-19-9-4-3-8-18(19)14-23(25)28(21-11-5-6-12-22(21)29(32)33)24-15-20-10-7-13-31-27(20)17-26(24)30/h5-6,11-12,14-17H,3-4,7-10,13H2,1-2H3,(H,32,33). The molecular weight excluding hydrogens is 406 g/mol. The van der Waals surface area contributed by atoms with Gasteiger partial charge in [-0.05, 0) is 106 Å². The summed E-state index contributed by atoms with van der Waals surface area (Å²) in [5, 5.41) is 12.3. The molecule has 0 bridgehead atoms. The number of carbonyl (C=O) groups is 1. The molecule has 166 valence electrons. The highest BCUT2D eigenvalue weighted by Gasteiger charge is 2.35. The van der Waals surface area contributed by atoms with E-state index in [0.717, 1.165) is 48.7 Å².